The van der Waals surface area contributed by atoms with Crippen LogP contribution in [0.5, 0.6) is 17.2 Å². The molecule has 1 aliphatic rings. The second-order valence-electron chi connectivity index (χ2n) is 6.67. The number of methoxy groups -OCH3 is 1. The molecule has 0 radical (unpaired) electrons. The number of fused-ring (bicyclic) bond motifs is 2. The number of benzene rings is 2. The van der Waals surface area contributed by atoms with Gasteiger partial charge in [-0.3, -0.25) is 9.69 Å². The van der Waals surface area contributed by atoms with Crippen LogP contribution in [0.15, 0.2) is 65.3 Å². The van der Waals surface area contributed by atoms with Gasteiger partial charge < -0.3 is 18.6 Å². The average molecular weight is 422 g/mol. The second-order valence-corrected chi connectivity index (χ2v) is 7.68. The molecule has 30 heavy (non-hydrogen) atoms. The number of furan rings is 1. The summed E-state index contributed by atoms with van der Waals surface area (Å²) in [5.41, 5.74) is 0.711. The van der Waals surface area contributed by atoms with Crippen LogP contribution in [0.1, 0.15) is 5.76 Å². The fourth-order valence-electron chi connectivity index (χ4n) is 3.30. The Hall–Kier alpha value is -3.52. The standard InChI is InChI=1S/C22H18N2O5S/c1-26-17-9-4-10-19-20(17)23-22(30-19)24(12-14-6-5-11-27-14)21(25)18-13-28-15-7-2-3-8-16(15)29-18/h2-11,18H,12-13H2,1H3. The molecule has 0 saturated carbocycles. The van der Waals surface area contributed by atoms with Crippen LogP contribution in [0, 0.1) is 0 Å². The fourth-order valence-corrected chi connectivity index (χ4v) is 4.29. The molecule has 0 fully saturated rings. The van der Waals surface area contributed by atoms with E-state index >= 15 is 0 Å². The van der Waals surface area contributed by atoms with E-state index in [1.807, 2.05) is 42.5 Å². The Morgan fingerprint density at radius 1 is 1.17 bits per heavy atom. The van der Waals surface area contributed by atoms with Gasteiger partial charge in [-0.05, 0) is 36.4 Å². The highest BCUT2D eigenvalue weighted by Crippen LogP contribution is 2.36. The van der Waals surface area contributed by atoms with Gasteiger partial charge in [-0.15, -0.1) is 0 Å². The van der Waals surface area contributed by atoms with Crippen LogP contribution in [0.25, 0.3) is 10.2 Å². The first-order valence-electron chi connectivity index (χ1n) is 9.39. The predicted octanol–water partition coefficient (Wildman–Crippen LogP) is 4.27. The monoisotopic (exact) mass is 422 g/mol. The molecule has 3 heterocycles. The number of carbonyl (C=O) groups is 1. The highest BCUT2D eigenvalue weighted by molar-refractivity contribution is 7.22. The topological polar surface area (TPSA) is 74.0 Å². The summed E-state index contributed by atoms with van der Waals surface area (Å²) in [5.74, 6) is 2.23. The third-order valence-electron chi connectivity index (χ3n) is 4.77. The molecule has 1 amide bonds. The predicted molar refractivity (Wildman–Crippen MR) is 112 cm³/mol. The van der Waals surface area contributed by atoms with Crippen molar-refractivity contribution in [3.63, 3.8) is 0 Å². The van der Waals surface area contributed by atoms with E-state index < -0.39 is 6.10 Å². The van der Waals surface area contributed by atoms with Crippen molar-refractivity contribution in [2.24, 2.45) is 0 Å². The largest absolute Gasteiger partial charge is 0.494 e. The Labute approximate surface area is 176 Å². The van der Waals surface area contributed by atoms with E-state index in [1.165, 1.54) is 11.3 Å². The van der Waals surface area contributed by atoms with Crippen molar-refractivity contribution in [2.75, 3.05) is 18.6 Å². The summed E-state index contributed by atoms with van der Waals surface area (Å²) >= 11 is 1.41. The molecule has 0 aliphatic carbocycles. The molecule has 5 rings (SSSR count). The number of aromatic nitrogens is 1. The molecule has 2 aromatic carbocycles. The Morgan fingerprint density at radius 2 is 2.03 bits per heavy atom. The minimum Gasteiger partial charge on any atom is -0.494 e. The van der Waals surface area contributed by atoms with Crippen LogP contribution >= 0.6 is 11.3 Å². The van der Waals surface area contributed by atoms with Crippen LogP contribution in [0.2, 0.25) is 0 Å². The van der Waals surface area contributed by atoms with Gasteiger partial charge in [0.15, 0.2) is 16.6 Å². The molecule has 0 spiro atoms. The lowest BCUT2D eigenvalue weighted by atomic mass is 10.2. The van der Waals surface area contributed by atoms with Crippen molar-refractivity contribution in [3.8, 4) is 17.2 Å². The molecular formula is C22H18N2O5S. The molecule has 1 unspecified atom stereocenters. The molecule has 0 saturated heterocycles. The Balaban J connectivity index is 1.50. The number of hydrogen-bond donors (Lipinski definition) is 0. The molecule has 2 aromatic heterocycles. The Morgan fingerprint density at radius 3 is 2.83 bits per heavy atom. The number of rotatable bonds is 5. The van der Waals surface area contributed by atoms with Crippen LogP contribution in [-0.4, -0.2) is 30.7 Å². The summed E-state index contributed by atoms with van der Waals surface area (Å²) in [6, 6.07) is 16.6. The van der Waals surface area contributed by atoms with Crippen LogP contribution in [0.3, 0.4) is 0 Å². The number of hydrogen-bond acceptors (Lipinski definition) is 7. The van der Waals surface area contributed by atoms with Crippen LogP contribution in [-0.2, 0) is 11.3 Å². The number of amides is 1. The van der Waals surface area contributed by atoms with Crippen molar-refractivity contribution in [2.45, 2.75) is 12.6 Å². The summed E-state index contributed by atoms with van der Waals surface area (Å²) < 4.78 is 23.5. The highest BCUT2D eigenvalue weighted by atomic mass is 32.1. The van der Waals surface area contributed by atoms with Crippen molar-refractivity contribution in [1.82, 2.24) is 4.98 Å². The molecule has 0 bridgehead atoms. The molecule has 0 N–H and O–H groups in total. The molecular weight excluding hydrogens is 404 g/mol. The van der Waals surface area contributed by atoms with E-state index in [-0.39, 0.29) is 19.1 Å². The summed E-state index contributed by atoms with van der Waals surface area (Å²) in [4.78, 5) is 19.7. The van der Waals surface area contributed by atoms with E-state index in [0.717, 1.165) is 4.70 Å². The van der Waals surface area contributed by atoms with E-state index in [2.05, 4.69) is 4.98 Å². The van der Waals surface area contributed by atoms with Gasteiger partial charge in [0.2, 0.25) is 6.10 Å². The number of carbonyl (C=O) groups excluding carboxylic acids is 1. The number of nitrogens with zero attached hydrogens (tertiary/aromatic N) is 2. The number of para-hydroxylation sites is 3. The fraction of sp³-hybridized carbons (Fsp3) is 0.182. The molecule has 8 heteroatoms. The van der Waals surface area contributed by atoms with Gasteiger partial charge >= 0.3 is 0 Å². The summed E-state index contributed by atoms with van der Waals surface area (Å²) in [6.07, 6.45) is 0.791. The van der Waals surface area contributed by atoms with Gasteiger partial charge in [0, 0.05) is 0 Å². The highest BCUT2D eigenvalue weighted by Gasteiger charge is 2.34. The van der Waals surface area contributed by atoms with Crippen LogP contribution in [0.4, 0.5) is 5.13 Å². The molecule has 152 valence electrons. The van der Waals surface area contributed by atoms with Crippen molar-refractivity contribution in [1.29, 1.82) is 0 Å². The van der Waals surface area contributed by atoms with E-state index in [1.54, 1.807) is 30.4 Å². The molecule has 7 nitrogen and oxygen atoms in total. The van der Waals surface area contributed by atoms with Gasteiger partial charge in [0.25, 0.3) is 5.91 Å². The maximum Gasteiger partial charge on any atom is 0.273 e. The van der Waals surface area contributed by atoms with Gasteiger partial charge in [-0.1, -0.05) is 29.5 Å². The van der Waals surface area contributed by atoms with Crippen molar-refractivity contribution >= 4 is 32.6 Å². The normalized spacial score (nSPS) is 15.2. The van der Waals surface area contributed by atoms with E-state index in [0.29, 0.717) is 33.7 Å². The zero-order chi connectivity index (χ0) is 20.5. The maximum atomic E-state index is 13.5. The third-order valence-corrected chi connectivity index (χ3v) is 5.81. The lowest BCUT2D eigenvalue weighted by molar-refractivity contribution is -0.127. The van der Waals surface area contributed by atoms with Crippen molar-refractivity contribution < 1.29 is 23.4 Å². The quantitative estimate of drug-likeness (QED) is 0.478. The minimum atomic E-state index is -0.788. The third kappa shape index (κ3) is 3.35. The van der Waals surface area contributed by atoms with Gasteiger partial charge in [-0.25, -0.2) is 4.98 Å². The second kappa shape index (κ2) is 7.72. The first-order valence-corrected chi connectivity index (χ1v) is 10.2. The molecule has 1 aliphatic heterocycles. The minimum absolute atomic E-state index is 0.124. The molecule has 4 aromatic rings. The zero-order valence-electron chi connectivity index (χ0n) is 16.1. The van der Waals surface area contributed by atoms with Gasteiger partial charge in [0.05, 0.1) is 24.6 Å². The van der Waals surface area contributed by atoms with E-state index in [9.17, 15) is 4.79 Å². The smallest absolute Gasteiger partial charge is 0.273 e. The van der Waals surface area contributed by atoms with Gasteiger partial charge in [0.1, 0.15) is 23.6 Å². The zero-order valence-corrected chi connectivity index (χ0v) is 16.9. The lowest BCUT2D eigenvalue weighted by Gasteiger charge is -2.29. The lowest BCUT2D eigenvalue weighted by Crippen LogP contribution is -2.46. The Bertz CT molecular complexity index is 1190. The van der Waals surface area contributed by atoms with Crippen LogP contribution < -0.4 is 19.1 Å². The van der Waals surface area contributed by atoms with Crippen molar-refractivity contribution in [3.05, 3.63) is 66.6 Å². The SMILES string of the molecule is COc1cccc2sc(N(Cc3ccco3)C(=O)C3COc4ccccc4O3)nc12. The maximum absolute atomic E-state index is 13.5. The Kier molecular flexibility index (Phi) is 4.76. The molecule has 1 atom stereocenters. The first-order chi connectivity index (χ1) is 14.7. The summed E-state index contributed by atoms with van der Waals surface area (Å²) in [5, 5.41) is 0.540. The first kappa shape index (κ1) is 18.5. The van der Waals surface area contributed by atoms with E-state index in [4.69, 9.17) is 18.6 Å². The summed E-state index contributed by atoms with van der Waals surface area (Å²) in [6.45, 7) is 0.355. The number of anilines is 1. The number of thiazole rings is 1. The number of ether oxygens (including phenoxy) is 3. The summed E-state index contributed by atoms with van der Waals surface area (Å²) in [7, 11) is 1.60. The van der Waals surface area contributed by atoms with Gasteiger partial charge in [-0.2, -0.15) is 0 Å². The average Bonchev–Trinajstić information content (AvgIpc) is 3.46.